The molecule has 9 fully saturated rings. The molecule has 0 bridgehead atoms. The Labute approximate surface area is 715 Å². The lowest BCUT2D eigenvalue weighted by Crippen LogP contribution is -2.55. The second-order valence-electron chi connectivity index (χ2n) is 32.1. The molecular formula is C92H138N4O25. The Balaban J connectivity index is 0.000000417. The molecule has 2 unspecified atom stereocenters. The van der Waals surface area contributed by atoms with Crippen molar-refractivity contribution in [2.24, 2.45) is 29.2 Å². The number of unbranched alkanes of at least 4 members (excludes halogenated alkanes) is 2. The highest BCUT2D eigenvalue weighted by Crippen LogP contribution is 2.62. The summed E-state index contributed by atoms with van der Waals surface area (Å²) in [4.78, 5) is 88.4. The van der Waals surface area contributed by atoms with E-state index in [0.29, 0.717) is 51.9 Å². The Morgan fingerprint density at radius 3 is 0.860 bits per heavy atom. The minimum absolute atomic E-state index is 0. The lowest BCUT2D eigenvalue weighted by atomic mass is 9.68. The molecule has 3 spiro atoms. The molecule has 0 radical (unpaired) electrons. The van der Waals surface area contributed by atoms with Gasteiger partial charge in [0.2, 0.25) is 0 Å². The summed E-state index contributed by atoms with van der Waals surface area (Å²) >= 11 is 0. The van der Waals surface area contributed by atoms with Crippen molar-refractivity contribution >= 4 is 47.8 Å². The van der Waals surface area contributed by atoms with E-state index < -0.39 is 59.8 Å². The normalized spacial score (nSPS) is 31.3. The first-order valence-corrected chi connectivity index (χ1v) is 40.8. The van der Waals surface area contributed by atoms with E-state index in [9.17, 15) is 48.6 Å². The fourth-order valence-electron chi connectivity index (χ4n) is 15.7. The number of aliphatic carboxylic acids is 5. The maximum absolute atomic E-state index is 12.4. The van der Waals surface area contributed by atoms with Crippen molar-refractivity contribution in [2.75, 3.05) is 54.2 Å². The summed E-state index contributed by atoms with van der Waals surface area (Å²) in [5.41, 5.74) is 19.7. The lowest BCUT2D eigenvalue weighted by molar-refractivity contribution is -0.368. The van der Waals surface area contributed by atoms with Crippen LogP contribution in [-0.4, -0.2) is 218 Å². The zero-order chi connectivity index (χ0) is 88.2. The third-order valence-corrected chi connectivity index (χ3v) is 22.2. The number of carbonyl (C=O) groups is 8. The number of hydrogen-bond acceptors (Lipinski definition) is 24. The highest BCUT2D eigenvalue weighted by Gasteiger charge is 2.75. The SMILES string of the molecule is C.C.CO[C@@H]1[C@H](OC(=O)/C=C/C=C/C=C/C=C/C(=O)O)CC[C@]2(CO2)[C@H]1[C@@]1(C)O[C@@H]1CC=C(C)C.CO[C@@H]1[C@H](OC(=O)/C=C/C=C/C=C/C=C/C(=O)[O-])CC[C@]2(CO2)[C@H]1[C@@]1(C)O[C@@H]1CC=C(C)C.CO[C@@H]1[C@H](OC(=O)/C=C/C=C/C=C/C=C/C(=O)[O-])CC[C@]2(CO2)[C@H]1[C@@]1(C)O[C@@H]1CC=C(C)C.NC(CCCC[NH3+])C(=O)O.NC(CCCC[NH3+])C(=O)O. The second kappa shape index (κ2) is 52.1. The Bertz CT molecular complexity index is 3450. The van der Waals surface area contributed by atoms with Gasteiger partial charge in [-0.2, -0.15) is 0 Å². The van der Waals surface area contributed by atoms with Crippen molar-refractivity contribution in [1.82, 2.24) is 0 Å². The van der Waals surface area contributed by atoms with Crippen LogP contribution >= 0.6 is 0 Å². The van der Waals surface area contributed by atoms with Gasteiger partial charge in [0.05, 0.1) is 80.9 Å². The molecule has 676 valence electrons. The van der Waals surface area contributed by atoms with Crippen LogP contribution in [0.15, 0.2) is 181 Å². The minimum Gasteiger partial charge on any atom is -0.545 e. The highest BCUT2D eigenvalue weighted by atomic mass is 16.7. The van der Waals surface area contributed by atoms with Crippen molar-refractivity contribution in [3.8, 4) is 0 Å². The van der Waals surface area contributed by atoms with Crippen LogP contribution in [0.5, 0.6) is 0 Å². The number of quaternary nitrogens is 2. The third-order valence-electron chi connectivity index (χ3n) is 22.2. The van der Waals surface area contributed by atoms with E-state index in [1.807, 2.05) is 0 Å². The van der Waals surface area contributed by atoms with Gasteiger partial charge in [0.1, 0.15) is 82.3 Å². The second-order valence-corrected chi connectivity index (χ2v) is 32.1. The zero-order valence-electron chi connectivity index (χ0n) is 71.2. The molecule has 20 atom stereocenters. The number of epoxide rings is 6. The largest absolute Gasteiger partial charge is 0.545 e. The fourth-order valence-corrected chi connectivity index (χ4v) is 15.7. The van der Waals surface area contributed by atoms with Gasteiger partial charge in [-0.25, -0.2) is 19.2 Å². The quantitative estimate of drug-likeness (QED) is 0.00581. The fraction of sp³-hybridized carbons (Fsp3) is 0.587. The van der Waals surface area contributed by atoms with Gasteiger partial charge in [0.25, 0.3) is 0 Å². The Morgan fingerprint density at radius 2 is 0.653 bits per heavy atom. The molecule has 6 heterocycles. The molecule has 0 amide bonds. The average Bonchev–Trinajstić information content (AvgIpc) is 1.54. The summed E-state index contributed by atoms with van der Waals surface area (Å²) in [7, 11) is 4.95. The van der Waals surface area contributed by atoms with E-state index in [4.69, 9.17) is 83.6 Å². The monoisotopic (exact) mass is 1700 g/mol. The van der Waals surface area contributed by atoms with Crippen LogP contribution in [-0.2, 0) is 95.2 Å². The summed E-state index contributed by atoms with van der Waals surface area (Å²) in [6.07, 6.45) is 52.0. The summed E-state index contributed by atoms with van der Waals surface area (Å²) < 4.78 is 71.2. The molecule has 0 aromatic rings. The molecule has 121 heavy (non-hydrogen) atoms. The number of allylic oxidation sites excluding steroid dienone is 21. The Kier molecular flexibility index (Phi) is 45.8. The van der Waals surface area contributed by atoms with Crippen molar-refractivity contribution < 1.29 is 132 Å². The number of carboxylic acid groups (broad SMARTS) is 5. The average molecular weight is 1700 g/mol. The number of esters is 3. The molecule has 29 heteroatoms. The number of methoxy groups -OCH3 is 3. The van der Waals surface area contributed by atoms with E-state index in [1.54, 1.807) is 112 Å². The van der Waals surface area contributed by atoms with Crippen LogP contribution in [0.25, 0.3) is 0 Å². The summed E-state index contributed by atoms with van der Waals surface area (Å²) in [6, 6.07) is -1.38. The molecule has 0 aromatic heterocycles. The number of carbonyl (C=O) groups excluding carboxylic acids is 5. The molecule has 6 saturated heterocycles. The van der Waals surface area contributed by atoms with Gasteiger partial charge >= 0.3 is 35.8 Å². The molecule has 6 aliphatic heterocycles. The predicted molar refractivity (Wildman–Crippen MR) is 453 cm³/mol. The van der Waals surface area contributed by atoms with Gasteiger partial charge in [-0.05, 0) is 171 Å². The van der Waals surface area contributed by atoms with Gasteiger partial charge in [-0.1, -0.05) is 159 Å². The van der Waals surface area contributed by atoms with E-state index >= 15 is 0 Å². The van der Waals surface area contributed by atoms with Crippen molar-refractivity contribution in [3.05, 3.63) is 181 Å². The number of ether oxygens (including phenoxy) is 12. The van der Waals surface area contributed by atoms with Crippen LogP contribution < -0.4 is 33.1 Å². The van der Waals surface area contributed by atoms with E-state index in [2.05, 4.69) is 92.0 Å². The number of nitrogens with two attached hydrogens (primary N) is 2. The standard InChI is InChI=1S/3C26H34O7.2C6H14N2O2.2CH4/c3*1-18(2)13-14-20-25(3,33-20)24-23(30-4)19(15-16-26(24)17-31-26)32-22(29)12-10-8-6-5-7-9-11-21(27)28;2*7-4-2-1-3-5(8)6(9)10;;/h3*5-13,19-20,23-24H,14-17H2,1-4H3,(H,27,28);2*5H,1-4,7-8H2,(H,9,10);2*1H4/b3*7-5+,8-6+,11-9+,12-10+;;;;/t3*19-,20-,23-,24-,25+,26+;;;;/m111..../s1. The zero-order valence-corrected chi connectivity index (χ0v) is 71.2. The van der Waals surface area contributed by atoms with Crippen LogP contribution in [0.1, 0.15) is 173 Å². The number of carboxylic acids is 5. The Hall–Kier alpha value is -8.66. The van der Waals surface area contributed by atoms with Crippen molar-refractivity contribution in [3.63, 3.8) is 0 Å². The van der Waals surface area contributed by atoms with Crippen LogP contribution in [0, 0.1) is 17.8 Å². The summed E-state index contributed by atoms with van der Waals surface area (Å²) in [5, 5.41) is 45.7. The van der Waals surface area contributed by atoms with Crippen LogP contribution in [0.2, 0.25) is 0 Å². The first-order valence-electron chi connectivity index (χ1n) is 40.8. The van der Waals surface area contributed by atoms with Gasteiger partial charge in [-0.3, -0.25) is 9.59 Å². The first kappa shape index (κ1) is 107. The predicted octanol–water partition coefficient (Wildman–Crippen LogP) is 7.97. The van der Waals surface area contributed by atoms with Gasteiger partial charge in [0, 0.05) is 45.6 Å². The van der Waals surface area contributed by atoms with E-state index in [1.165, 1.54) is 53.2 Å². The van der Waals surface area contributed by atoms with E-state index in [-0.39, 0.29) is 121 Å². The molecule has 0 aromatic carbocycles. The molecule has 29 nitrogen and oxygen atoms in total. The topological polar surface area (TPSA) is 481 Å². The summed E-state index contributed by atoms with van der Waals surface area (Å²) in [6.45, 7) is 22.6. The minimum atomic E-state index is -1.25. The maximum atomic E-state index is 12.4. The van der Waals surface area contributed by atoms with Gasteiger partial charge in [0.15, 0.2) is 0 Å². The number of rotatable bonds is 40. The molecule has 3 saturated carbocycles. The Morgan fingerprint density at radius 1 is 0.413 bits per heavy atom. The van der Waals surface area contributed by atoms with Gasteiger partial charge in [-0.15, -0.1) is 0 Å². The molecule has 13 N–H and O–H groups in total. The third kappa shape index (κ3) is 34.9. The van der Waals surface area contributed by atoms with Gasteiger partial charge < -0.3 is 115 Å². The lowest BCUT2D eigenvalue weighted by Gasteiger charge is -2.42. The van der Waals surface area contributed by atoms with Crippen molar-refractivity contribution in [1.29, 1.82) is 0 Å². The first-order chi connectivity index (χ1) is 56.5. The molecular weight excluding hydrogens is 1560 g/mol. The van der Waals surface area contributed by atoms with Crippen LogP contribution in [0.4, 0.5) is 0 Å². The van der Waals surface area contributed by atoms with E-state index in [0.717, 1.165) is 95.5 Å². The highest BCUT2D eigenvalue weighted by molar-refractivity contribution is 5.84. The van der Waals surface area contributed by atoms with Crippen molar-refractivity contribution in [2.45, 2.75) is 274 Å². The molecule has 9 aliphatic rings. The van der Waals surface area contributed by atoms with Crippen LogP contribution in [0.3, 0.4) is 0 Å². The molecule has 9 rings (SSSR count). The summed E-state index contributed by atoms with van der Waals surface area (Å²) in [5.74, 6) is -6.70. The smallest absolute Gasteiger partial charge is 0.331 e. The maximum Gasteiger partial charge on any atom is 0.331 e. The molecule has 3 aliphatic carbocycles. The number of hydrogen-bond donors (Lipinski definition) is 7.